The topological polar surface area (TPSA) is 70.2 Å². The summed E-state index contributed by atoms with van der Waals surface area (Å²) in [6, 6.07) is 5.14. The minimum atomic E-state index is -0.197. The highest BCUT2D eigenvalue weighted by molar-refractivity contribution is 6.34. The normalized spacial score (nSPS) is 13.3. The zero-order valence-corrected chi connectivity index (χ0v) is 12.6. The number of nitrogens with one attached hydrogen (secondary N) is 3. The Morgan fingerprint density at radius 2 is 2.05 bits per heavy atom. The average Bonchev–Trinajstić information content (AvgIpc) is 3.15. The van der Waals surface area contributed by atoms with Gasteiger partial charge in [0.1, 0.15) is 0 Å². The number of halogens is 2. The predicted octanol–water partition coefficient (Wildman–Crippen LogP) is 1.81. The molecule has 0 heterocycles. The van der Waals surface area contributed by atoms with Gasteiger partial charge in [0.2, 0.25) is 5.91 Å². The molecule has 20 heavy (non-hydrogen) atoms. The molecule has 1 aromatic rings. The van der Waals surface area contributed by atoms with E-state index in [9.17, 15) is 9.59 Å². The second-order valence-electron chi connectivity index (χ2n) is 4.52. The first-order valence-corrected chi connectivity index (χ1v) is 6.53. The van der Waals surface area contributed by atoms with Gasteiger partial charge < -0.3 is 16.0 Å². The second-order valence-corrected chi connectivity index (χ2v) is 4.93. The van der Waals surface area contributed by atoms with Crippen LogP contribution in [0.5, 0.6) is 0 Å². The first kappa shape index (κ1) is 16.8. The Morgan fingerprint density at radius 1 is 1.35 bits per heavy atom. The van der Waals surface area contributed by atoms with Crippen LogP contribution in [0.3, 0.4) is 0 Å². The van der Waals surface area contributed by atoms with Gasteiger partial charge >= 0.3 is 0 Å². The maximum Gasteiger partial charge on any atom is 0.253 e. The van der Waals surface area contributed by atoms with Crippen LogP contribution in [0.25, 0.3) is 0 Å². The monoisotopic (exact) mass is 317 g/mol. The SMILES string of the molecule is CNCC(=O)Nc1ccc(Cl)c(C(=O)NC2CC2)c1.Cl. The van der Waals surface area contributed by atoms with E-state index in [1.165, 1.54) is 0 Å². The third-order valence-corrected chi connectivity index (χ3v) is 3.07. The molecule has 0 radical (unpaired) electrons. The Kier molecular flexibility index (Phi) is 6.26. The molecule has 1 aliphatic rings. The van der Waals surface area contributed by atoms with Gasteiger partial charge in [0.25, 0.3) is 5.91 Å². The molecule has 0 spiro atoms. The molecular weight excluding hydrogens is 301 g/mol. The molecule has 2 amide bonds. The third-order valence-electron chi connectivity index (χ3n) is 2.74. The molecule has 110 valence electrons. The quantitative estimate of drug-likeness (QED) is 0.775. The summed E-state index contributed by atoms with van der Waals surface area (Å²) in [5, 5.41) is 8.70. The number of rotatable bonds is 5. The van der Waals surface area contributed by atoms with Crippen molar-refractivity contribution < 1.29 is 9.59 Å². The zero-order valence-electron chi connectivity index (χ0n) is 11.0. The summed E-state index contributed by atoms with van der Waals surface area (Å²) in [4.78, 5) is 23.4. The van der Waals surface area contributed by atoms with Gasteiger partial charge in [0, 0.05) is 11.7 Å². The van der Waals surface area contributed by atoms with E-state index in [2.05, 4.69) is 16.0 Å². The Hall–Kier alpha value is -1.30. The van der Waals surface area contributed by atoms with E-state index in [4.69, 9.17) is 11.6 Å². The summed E-state index contributed by atoms with van der Waals surface area (Å²) in [7, 11) is 1.69. The number of benzene rings is 1. The molecule has 2 rings (SSSR count). The number of hydrogen-bond acceptors (Lipinski definition) is 3. The van der Waals surface area contributed by atoms with Crippen molar-refractivity contribution in [1.82, 2.24) is 10.6 Å². The Morgan fingerprint density at radius 3 is 2.65 bits per heavy atom. The summed E-state index contributed by atoms with van der Waals surface area (Å²) in [5.41, 5.74) is 0.946. The molecule has 1 saturated carbocycles. The molecule has 0 saturated heterocycles. The van der Waals surface area contributed by atoms with Gasteiger partial charge in [-0.25, -0.2) is 0 Å². The number of hydrogen-bond donors (Lipinski definition) is 3. The van der Waals surface area contributed by atoms with E-state index in [0.29, 0.717) is 16.3 Å². The molecule has 0 atom stereocenters. The Labute approximate surface area is 128 Å². The highest BCUT2D eigenvalue weighted by Crippen LogP contribution is 2.23. The van der Waals surface area contributed by atoms with Gasteiger partial charge in [-0.05, 0) is 38.1 Å². The minimum Gasteiger partial charge on any atom is -0.349 e. The number of anilines is 1. The average molecular weight is 318 g/mol. The number of carbonyl (C=O) groups is 2. The maximum absolute atomic E-state index is 12.0. The fourth-order valence-corrected chi connectivity index (χ4v) is 1.84. The van der Waals surface area contributed by atoms with Crippen molar-refractivity contribution in [2.24, 2.45) is 0 Å². The lowest BCUT2D eigenvalue weighted by atomic mass is 10.2. The van der Waals surface area contributed by atoms with Crippen LogP contribution < -0.4 is 16.0 Å². The van der Waals surface area contributed by atoms with E-state index >= 15 is 0 Å². The lowest BCUT2D eigenvalue weighted by molar-refractivity contribution is -0.115. The summed E-state index contributed by atoms with van der Waals surface area (Å²) in [5.74, 6) is -0.365. The first-order valence-electron chi connectivity index (χ1n) is 6.15. The van der Waals surface area contributed by atoms with Gasteiger partial charge in [-0.2, -0.15) is 0 Å². The molecule has 1 fully saturated rings. The van der Waals surface area contributed by atoms with Crippen LogP contribution in [0.1, 0.15) is 23.2 Å². The molecule has 5 nitrogen and oxygen atoms in total. The highest BCUT2D eigenvalue weighted by atomic mass is 35.5. The summed E-state index contributed by atoms with van der Waals surface area (Å²) in [6.07, 6.45) is 2.03. The van der Waals surface area contributed by atoms with Gasteiger partial charge in [-0.15, -0.1) is 12.4 Å². The minimum absolute atomic E-state index is 0. The fourth-order valence-electron chi connectivity index (χ4n) is 1.63. The third kappa shape index (κ3) is 4.67. The summed E-state index contributed by atoms with van der Waals surface area (Å²) in [6.45, 7) is 0.215. The molecule has 3 N–H and O–H groups in total. The lowest BCUT2D eigenvalue weighted by Gasteiger charge is -2.09. The number of likely N-dealkylation sites (N-methyl/N-ethyl adjacent to an activating group) is 1. The molecule has 1 aliphatic carbocycles. The summed E-state index contributed by atoms with van der Waals surface area (Å²) >= 11 is 6.01. The number of amides is 2. The Balaban J connectivity index is 0.00000200. The van der Waals surface area contributed by atoms with Crippen LogP contribution in [0.2, 0.25) is 5.02 Å². The van der Waals surface area contributed by atoms with Crippen LogP contribution in [0, 0.1) is 0 Å². The van der Waals surface area contributed by atoms with Crippen LogP contribution in [0.4, 0.5) is 5.69 Å². The smallest absolute Gasteiger partial charge is 0.253 e. The predicted molar refractivity (Wildman–Crippen MR) is 81.7 cm³/mol. The van der Waals surface area contributed by atoms with Gasteiger partial charge in [-0.1, -0.05) is 11.6 Å². The van der Waals surface area contributed by atoms with Crippen LogP contribution >= 0.6 is 24.0 Å². The van der Waals surface area contributed by atoms with Gasteiger partial charge in [-0.3, -0.25) is 9.59 Å². The molecule has 0 aromatic heterocycles. The van der Waals surface area contributed by atoms with Crippen molar-refractivity contribution >= 4 is 41.5 Å². The molecule has 7 heteroatoms. The van der Waals surface area contributed by atoms with Crippen molar-refractivity contribution in [3.63, 3.8) is 0 Å². The number of carbonyl (C=O) groups excluding carboxylic acids is 2. The molecule has 0 bridgehead atoms. The van der Waals surface area contributed by atoms with E-state index in [1.54, 1.807) is 25.2 Å². The highest BCUT2D eigenvalue weighted by Gasteiger charge is 2.24. The molecule has 1 aromatic carbocycles. The first-order chi connectivity index (χ1) is 9.10. The fraction of sp³-hybridized carbons (Fsp3) is 0.385. The zero-order chi connectivity index (χ0) is 13.8. The lowest BCUT2D eigenvalue weighted by Crippen LogP contribution is -2.27. The van der Waals surface area contributed by atoms with Crippen molar-refractivity contribution in [2.75, 3.05) is 18.9 Å². The Bertz CT molecular complexity index is 504. The van der Waals surface area contributed by atoms with E-state index < -0.39 is 0 Å². The maximum atomic E-state index is 12.0. The van der Waals surface area contributed by atoms with Crippen LogP contribution in [-0.4, -0.2) is 31.4 Å². The van der Waals surface area contributed by atoms with E-state index in [0.717, 1.165) is 12.8 Å². The van der Waals surface area contributed by atoms with Gasteiger partial charge in [0.05, 0.1) is 17.1 Å². The molecule has 0 unspecified atom stereocenters. The van der Waals surface area contributed by atoms with Crippen molar-refractivity contribution in [3.8, 4) is 0 Å². The van der Waals surface area contributed by atoms with Crippen molar-refractivity contribution in [2.45, 2.75) is 18.9 Å². The second kappa shape index (κ2) is 7.47. The van der Waals surface area contributed by atoms with E-state index in [-0.39, 0.29) is 36.8 Å². The molecular formula is C13H17Cl2N3O2. The summed E-state index contributed by atoms with van der Waals surface area (Å²) < 4.78 is 0. The largest absolute Gasteiger partial charge is 0.349 e. The van der Waals surface area contributed by atoms with Crippen molar-refractivity contribution in [1.29, 1.82) is 0 Å². The standard InChI is InChI=1S/C13H16ClN3O2.ClH/c1-15-7-12(18)16-9-4-5-11(14)10(6-9)13(19)17-8-2-3-8;/h4-6,8,15H,2-3,7H2,1H3,(H,16,18)(H,17,19);1H. The molecule has 0 aliphatic heterocycles. The van der Waals surface area contributed by atoms with E-state index in [1.807, 2.05) is 0 Å². The van der Waals surface area contributed by atoms with Crippen molar-refractivity contribution in [3.05, 3.63) is 28.8 Å². The van der Waals surface area contributed by atoms with Crippen LogP contribution in [-0.2, 0) is 4.79 Å². The van der Waals surface area contributed by atoms with Crippen LogP contribution in [0.15, 0.2) is 18.2 Å². The van der Waals surface area contributed by atoms with Gasteiger partial charge in [0.15, 0.2) is 0 Å².